The van der Waals surface area contributed by atoms with E-state index < -0.39 is 6.36 Å². The highest BCUT2D eigenvalue weighted by atomic mass is 32.2. The van der Waals surface area contributed by atoms with E-state index in [-0.39, 0.29) is 17.4 Å². The van der Waals surface area contributed by atoms with E-state index in [4.69, 9.17) is 0 Å². The van der Waals surface area contributed by atoms with E-state index in [1.165, 1.54) is 23.9 Å². The van der Waals surface area contributed by atoms with E-state index in [9.17, 15) is 18.0 Å². The van der Waals surface area contributed by atoms with Gasteiger partial charge in [-0.1, -0.05) is 35.7 Å². The maximum absolute atomic E-state index is 12.3. The van der Waals surface area contributed by atoms with Crippen LogP contribution in [0.3, 0.4) is 0 Å². The maximum Gasteiger partial charge on any atom is 0.573 e. The Morgan fingerprint density at radius 1 is 1.12 bits per heavy atom. The molecule has 0 atom stereocenters. The molecule has 4 rings (SSSR count). The van der Waals surface area contributed by atoms with Gasteiger partial charge in [0.15, 0.2) is 9.50 Å². The van der Waals surface area contributed by atoms with Crippen LogP contribution in [0.25, 0.3) is 10.2 Å². The predicted octanol–water partition coefficient (Wildman–Crippen LogP) is 5.83. The minimum atomic E-state index is -4.76. The molecule has 0 saturated carbocycles. The van der Waals surface area contributed by atoms with Crippen molar-refractivity contribution in [2.75, 3.05) is 11.1 Å². The summed E-state index contributed by atoms with van der Waals surface area (Å²) >= 11 is 4.45. The van der Waals surface area contributed by atoms with Crippen LogP contribution in [0.4, 0.5) is 18.9 Å². The molecule has 1 N–H and O–H groups in total. The fraction of sp³-hybridized carbons (Fsp3) is 0.238. The number of carbonyl (C=O) groups is 1. The Balaban J connectivity index is 1.31. The zero-order chi connectivity index (χ0) is 24.1. The minimum Gasteiger partial charge on any atom is -0.406 e. The number of amides is 1. The molecule has 0 saturated heterocycles. The summed E-state index contributed by atoms with van der Waals surface area (Å²) in [7, 11) is 0. The number of hydrogen-bond acceptors (Lipinski definition) is 8. The molecule has 7 nitrogen and oxygen atoms in total. The number of halogens is 3. The Morgan fingerprint density at radius 3 is 2.59 bits per heavy atom. The van der Waals surface area contributed by atoms with Crippen LogP contribution in [-0.4, -0.2) is 37.8 Å². The summed E-state index contributed by atoms with van der Waals surface area (Å²) < 4.78 is 44.6. The number of para-hydroxylation sites is 1. The Kier molecular flexibility index (Phi) is 7.63. The normalized spacial score (nSPS) is 11.6. The number of hydrogen-bond donors (Lipinski definition) is 1. The summed E-state index contributed by atoms with van der Waals surface area (Å²) in [5.41, 5.74) is 1.33. The first-order valence-corrected chi connectivity index (χ1v) is 12.8. The quantitative estimate of drug-likeness (QED) is 0.275. The summed E-state index contributed by atoms with van der Waals surface area (Å²) in [6.07, 6.45) is -4.76. The van der Waals surface area contributed by atoms with Crippen LogP contribution in [-0.2, 0) is 17.1 Å². The summed E-state index contributed by atoms with van der Waals surface area (Å²) in [5.74, 6) is 0.789. The van der Waals surface area contributed by atoms with E-state index >= 15 is 0 Å². The first kappa shape index (κ1) is 24.4. The third-order valence-corrected chi connectivity index (χ3v) is 7.55. The highest BCUT2D eigenvalue weighted by Gasteiger charge is 2.31. The molecule has 2 aromatic heterocycles. The average molecular weight is 526 g/mol. The fourth-order valence-electron chi connectivity index (χ4n) is 2.96. The number of carbonyl (C=O) groups excluding carboxylic acids is 1. The van der Waals surface area contributed by atoms with Gasteiger partial charge in [-0.15, -0.1) is 34.7 Å². The molecule has 0 bridgehead atoms. The zero-order valence-corrected chi connectivity index (χ0v) is 20.2. The molecule has 13 heteroatoms. The second-order valence-electron chi connectivity index (χ2n) is 6.79. The highest BCUT2D eigenvalue weighted by Crippen LogP contribution is 2.31. The summed E-state index contributed by atoms with van der Waals surface area (Å²) in [6.45, 7) is 2.62. The lowest BCUT2D eigenvalue weighted by molar-refractivity contribution is -0.274. The van der Waals surface area contributed by atoms with E-state index in [1.54, 1.807) is 23.1 Å². The van der Waals surface area contributed by atoms with Crippen LogP contribution in [0, 0.1) is 0 Å². The lowest BCUT2D eigenvalue weighted by Gasteiger charge is -2.10. The van der Waals surface area contributed by atoms with Gasteiger partial charge in [-0.2, -0.15) is 0 Å². The molecule has 0 aliphatic carbocycles. The monoisotopic (exact) mass is 525 g/mol. The molecule has 0 aliphatic heterocycles. The van der Waals surface area contributed by atoms with Crippen molar-refractivity contribution in [3.8, 4) is 5.75 Å². The van der Waals surface area contributed by atoms with Crippen molar-refractivity contribution < 1.29 is 22.7 Å². The van der Waals surface area contributed by atoms with Gasteiger partial charge in [0.25, 0.3) is 0 Å². The van der Waals surface area contributed by atoms with Crippen LogP contribution in [0.1, 0.15) is 12.7 Å². The molecule has 34 heavy (non-hydrogen) atoms. The van der Waals surface area contributed by atoms with Gasteiger partial charge >= 0.3 is 6.36 Å². The highest BCUT2D eigenvalue weighted by molar-refractivity contribution is 8.00. The van der Waals surface area contributed by atoms with Gasteiger partial charge < -0.3 is 14.6 Å². The number of aromatic nitrogens is 4. The van der Waals surface area contributed by atoms with Crippen molar-refractivity contribution >= 4 is 56.7 Å². The standard InChI is InChI=1S/C21H18F3N5O2S3/c1-2-29-17(11-33-20-26-15-5-3-4-6-16(15)34-20)27-28-19(29)32-12-18(30)25-13-7-9-14(10-8-13)31-21(22,23)24/h3-10H,2,11-12H2,1H3,(H,25,30). The van der Waals surface area contributed by atoms with Crippen molar-refractivity contribution in [2.45, 2.75) is 35.1 Å². The molecule has 0 fully saturated rings. The van der Waals surface area contributed by atoms with Gasteiger partial charge in [-0.25, -0.2) is 4.98 Å². The number of nitrogens with zero attached hydrogens (tertiary/aromatic N) is 4. The lowest BCUT2D eigenvalue weighted by Crippen LogP contribution is -2.17. The Labute approximate surface area is 205 Å². The van der Waals surface area contributed by atoms with E-state index in [0.717, 1.165) is 32.5 Å². The van der Waals surface area contributed by atoms with E-state index in [2.05, 4.69) is 25.2 Å². The van der Waals surface area contributed by atoms with Crippen LogP contribution in [0.2, 0.25) is 0 Å². The number of thioether (sulfide) groups is 2. The van der Waals surface area contributed by atoms with Gasteiger partial charge in [-0.05, 0) is 43.3 Å². The van der Waals surface area contributed by atoms with Crippen molar-refractivity contribution in [1.82, 2.24) is 19.7 Å². The molecule has 2 aromatic carbocycles. The van der Waals surface area contributed by atoms with Gasteiger partial charge in [0.1, 0.15) is 11.6 Å². The fourth-order valence-corrected chi connectivity index (χ4v) is 5.79. The number of nitrogens with one attached hydrogen (secondary N) is 1. The first-order chi connectivity index (χ1) is 16.3. The second-order valence-corrected chi connectivity index (χ2v) is 9.98. The molecule has 0 spiro atoms. The van der Waals surface area contributed by atoms with Crippen LogP contribution in [0.5, 0.6) is 5.75 Å². The molecule has 0 aliphatic rings. The molecular weight excluding hydrogens is 507 g/mol. The second kappa shape index (κ2) is 10.7. The van der Waals surface area contributed by atoms with Crippen molar-refractivity contribution in [2.24, 2.45) is 0 Å². The number of fused-ring (bicyclic) bond motifs is 1. The van der Waals surface area contributed by atoms with Crippen LogP contribution >= 0.6 is 34.9 Å². The van der Waals surface area contributed by atoms with Crippen molar-refractivity contribution in [1.29, 1.82) is 0 Å². The van der Waals surface area contributed by atoms with Gasteiger partial charge in [0.05, 0.1) is 21.7 Å². The number of rotatable bonds is 9. The van der Waals surface area contributed by atoms with Crippen LogP contribution in [0.15, 0.2) is 58.0 Å². The maximum atomic E-state index is 12.3. The average Bonchev–Trinajstić information content (AvgIpc) is 3.39. The molecule has 1 amide bonds. The third kappa shape index (κ3) is 6.42. The number of anilines is 1. The summed E-state index contributed by atoms with van der Waals surface area (Å²) in [5, 5.41) is 11.7. The first-order valence-electron chi connectivity index (χ1n) is 9.99. The van der Waals surface area contributed by atoms with Crippen molar-refractivity contribution in [3.63, 3.8) is 0 Å². The molecular formula is C21H18F3N5O2S3. The topological polar surface area (TPSA) is 81.9 Å². The molecule has 4 aromatic rings. The smallest absolute Gasteiger partial charge is 0.406 e. The lowest BCUT2D eigenvalue weighted by atomic mass is 10.3. The number of alkyl halides is 3. The van der Waals surface area contributed by atoms with E-state index in [0.29, 0.717) is 23.1 Å². The summed E-state index contributed by atoms with van der Waals surface area (Å²) in [4.78, 5) is 16.9. The SMILES string of the molecule is CCn1c(CSc2nc3ccccc3s2)nnc1SCC(=O)Nc1ccc(OC(F)(F)F)cc1. The third-order valence-electron chi connectivity index (χ3n) is 4.41. The van der Waals surface area contributed by atoms with Crippen LogP contribution < -0.4 is 10.1 Å². The van der Waals surface area contributed by atoms with Gasteiger partial charge in [0.2, 0.25) is 5.91 Å². The molecule has 0 unspecified atom stereocenters. The number of ether oxygens (including phenoxy) is 1. The molecule has 2 heterocycles. The Bertz CT molecular complexity index is 1240. The number of benzene rings is 2. The molecule has 0 radical (unpaired) electrons. The van der Waals surface area contributed by atoms with Gasteiger partial charge in [-0.3, -0.25) is 4.79 Å². The minimum absolute atomic E-state index is 0.0734. The predicted molar refractivity (Wildman–Crippen MR) is 127 cm³/mol. The largest absolute Gasteiger partial charge is 0.573 e. The molecule has 178 valence electrons. The Hall–Kier alpha value is -2.77. The zero-order valence-electron chi connectivity index (χ0n) is 17.7. The van der Waals surface area contributed by atoms with E-state index in [1.807, 2.05) is 35.8 Å². The van der Waals surface area contributed by atoms with Crippen molar-refractivity contribution in [3.05, 3.63) is 54.4 Å². The Morgan fingerprint density at radius 2 is 1.88 bits per heavy atom. The van der Waals surface area contributed by atoms with Gasteiger partial charge in [0, 0.05) is 12.2 Å². The number of thiazole rings is 1. The summed E-state index contributed by atoms with van der Waals surface area (Å²) in [6, 6.07) is 12.9.